The summed E-state index contributed by atoms with van der Waals surface area (Å²) in [4.78, 5) is 32.8. The number of pyridine rings is 1. The van der Waals surface area contributed by atoms with Crippen molar-refractivity contribution in [2.75, 3.05) is 5.32 Å². The molecule has 0 amide bonds. The predicted molar refractivity (Wildman–Crippen MR) is 124 cm³/mol. The van der Waals surface area contributed by atoms with Crippen molar-refractivity contribution in [2.45, 2.75) is 24.7 Å². The Morgan fingerprint density at radius 1 is 0.969 bits per heavy atom. The number of hydrogen-bond acceptors (Lipinski definition) is 5. The van der Waals surface area contributed by atoms with Gasteiger partial charge in [-0.3, -0.25) is 19.7 Å². The topological polar surface area (TPSA) is 79.8 Å². The molecule has 0 radical (unpaired) electrons. The summed E-state index contributed by atoms with van der Waals surface area (Å²) in [7, 11) is 0. The molecule has 7 heteroatoms. The third-order valence-electron chi connectivity index (χ3n) is 6.23. The van der Waals surface area contributed by atoms with Crippen molar-refractivity contribution in [3.63, 3.8) is 0 Å². The first-order valence-electron chi connectivity index (χ1n) is 10.6. The van der Waals surface area contributed by atoms with Crippen molar-refractivity contribution >= 4 is 22.9 Å². The van der Waals surface area contributed by atoms with Crippen LogP contribution in [0, 0.1) is 0 Å². The number of hydrogen-bond donors (Lipinski definition) is 2. The zero-order valence-electron chi connectivity index (χ0n) is 17.1. The minimum absolute atomic E-state index is 0.0744. The van der Waals surface area contributed by atoms with Gasteiger partial charge >= 0.3 is 0 Å². The molecule has 0 saturated heterocycles. The van der Waals surface area contributed by atoms with Gasteiger partial charge in [0.1, 0.15) is 5.82 Å². The number of nitrogens with one attached hydrogen (secondary N) is 2. The summed E-state index contributed by atoms with van der Waals surface area (Å²) in [6, 6.07) is 19.2. The molecule has 2 atom stereocenters. The number of ketones is 1. The number of Topliss-reactive ketones (excluding diaryl/α,β-unsaturated/α-hetero) is 1. The molecule has 1 aliphatic carbocycles. The fourth-order valence-electron chi connectivity index (χ4n) is 4.82. The molecule has 0 saturated carbocycles. The number of nitrogens with zero attached hydrogens (tertiary/aromatic N) is 2. The zero-order chi connectivity index (χ0) is 21.7. The highest BCUT2D eigenvalue weighted by Gasteiger charge is 2.41. The number of aromatic amines is 1. The van der Waals surface area contributed by atoms with E-state index in [0.717, 1.165) is 17.8 Å². The van der Waals surface area contributed by atoms with Crippen LogP contribution in [0.3, 0.4) is 0 Å². The number of benzene rings is 1. The number of carbonyl (C=O) groups is 1. The molecule has 0 fully saturated rings. The van der Waals surface area contributed by atoms with Crippen LogP contribution < -0.4 is 10.9 Å². The van der Waals surface area contributed by atoms with Gasteiger partial charge in [0.2, 0.25) is 0 Å². The molecule has 4 heterocycles. The Bertz CT molecular complexity index is 1380. The lowest BCUT2D eigenvalue weighted by Crippen LogP contribution is -2.32. The first kappa shape index (κ1) is 19.0. The van der Waals surface area contributed by atoms with E-state index in [1.807, 2.05) is 60.0 Å². The van der Waals surface area contributed by atoms with E-state index >= 15 is 0 Å². The first-order chi connectivity index (χ1) is 15.7. The van der Waals surface area contributed by atoms with Gasteiger partial charge in [-0.15, -0.1) is 11.3 Å². The number of aromatic nitrogens is 3. The Morgan fingerprint density at radius 2 is 1.81 bits per heavy atom. The van der Waals surface area contributed by atoms with E-state index in [-0.39, 0.29) is 17.3 Å². The Morgan fingerprint density at radius 3 is 2.56 bits per heavy atom. The van der Waals surface area contributed by atoms with Gasteiger partial charge in [-0.05, 0) is 42.1 Å². The van der Waals surface area contributed by atoms with Crippen LogP contribution in [-0.4, -0.2) is 20.5 Å². The quantitative estimate of drug-likeness (QED) is 0.489. The largest absolute Gasteiger partial charge is 0.343 e. The van der Waals surface area contributed by atoms with E-state index in [2.05, 4.69) is 21.5 Å². The smallest absolute Gasteiger partial charge is 0.277 e. The van der Waals surface area contributed by atoms with Gasteiger partial charge in [0, 0.05) is 34.7 Å². The Hall–Kier alpha value is -3.71. The third kappa shape index (κ3) is 2.97. The van der Waals surface area contributed by atoms with Crippen LogP contribution in [0.1, 0.15) is 40.8 Å². The van der Waals surface area contributed by atoms with Crippen molar-refractivity contribution in [3.05, 3.63) is 110 Å². The predicted octanol–water partition coefficient (Wildman–Crippen LogP) is 4.58. The van der Waals surface area contributed by atoms with Crippen LogP contribution in [0.2, 0.25) is 0 Å². The average molecular weight is 441 g/mol. The first-order valence-corrected chi connectivity index (χ1v) is 11.5. The monoisotopic (exact) mass is 440 g/mol. The van der Waals surface area contributed by atoms with Crippen LogP contribution >= 0.6 is 11.3 Å². The molecular weight excluding hydrogens is 420 g/mol. The minimum Gasteiger partial charge on any atom is -0.343 e. The second-order valence-corrected chi connectivity index (χ2v) is 9.10. The summed E-state index contributed by atoms with van der Waals surface area (Å²) < 4.78 is 1.54. The standard InChI is InChI=1S/C25H20N4O2S/c30-19-14-15(20-10-6-12-32-20)13-18-21(19)22(17-9-4-5-11-26-17)23-24(27-18)28-29(25(23)31)16-7-2-1-3-8-16/h1-12,15,22,27-28H,13-14H2/t15-,22-/m0/s1. The van der Waals surface area contributed by atoms with Crippen LogP contribution in [0.5, 0.6) is 0 Å². The summed E-state index contributed by atoms with van der Waals surface area (Å²) in [6.07, 6.45) is 2.88. The number of fused-ring (bicyclic) bond motifs is 1. The summed E-state index contributed by atoms with van der Waals surface area (Å²) in [5, 5.41) is 8.69. The molecule has 3 aromatic heterocycles. The maximum atomic E-state index is 13.6. The van der Waals surface area contributed by atoms with E-state index in [1.165, 1.54) is 9.56 Å². The molecule has 0 bridgehead atoms. The van der Waals surface area contributed by atoms with E-state index in [4.69, 9.17) is 0 Å². The second kappa shape index (κ2) is 7.46. The number of H-pyrrole nitrogens is 1. The summed E-state index contributed by atoms with van der Waals surface area (Å²) in [5.74, 6) is 0.355. The molecule has 6 rings (SSSR count). The number of allylic oxidation sites excluding steroid dienone is 2. The fraction of sp³-hybridized carbons (Fsp3) is 0.160. The number of para-hydroxylation sites is 1. The van der Waals surface area contributed by atoms with E-state index in [0.29, 0.717) is 29.1 Å². The number of anilines is 1. The van der Waals surface area contributed by atoms with Gasteiger partial charge < -0.3 is 5.32 Å². The molecule has 0 unspecified atom stereocenters. The highest BCUT2D eigenvalue weighted by Crippen LogP contribution is 2.46. The molecular formula is C25H20N4O2S. The van der Waals surface area contributed by atoms with Gasteiger partial charge in [0.15, 0.2) is 5.78 Å². The third-order valence-corrected chi connectivity index (χ3v) is 7.27. The Labute approximate surface area is 188 Å². The highest BCUT2D eigenvalue weighted by atomic mass is 32.1. The van der Waals surface area contributed by atoms with Crippen LogP contribution in [-0.2, 0) is 4.79 Å². The van der Waals surface area contributed by atoms with Gasteiger partial charge in [0.25, 0.3) is 5.56 Å². The lowest BCUT2D eigenvalue weighted by molar-refractivity contribution is -0.116. The van der Waals surface area contributed by atoms with E-state index in [1.54, 1.807) is 17.5 Å². The van der Waals surface area contributed by atoms with Gasteiger partial charge in [-0.25, -0.2) is 4.68 Å². The number of thiophene rings is 1. The molecule has 0 spiro atoms. The van der Waals surface area contributed by atoms with E-state index < -0.39 is 5.92 Å². The lowest BCUT2D eigenvalue weighted by atomic mass is 9.75. The van der Waals surface area contributed by atoms with Crippen LogP contribution in [0.25, 0.3) is 5.69 Å². The SMILES string of the molecule is O=C1C[C@@H](c2cccs2)CC2=C1[C@H](c1ccccn1)c1c([nH]n(-c3ccccc3)c1=O)N2. The summed E-state index contributed by atoms with van der Waals surface area (Å²) in [6.45, 7) is 0. The molecule has 4 aromatic rings. The van der Waals surface area contributed by atoms with Gasteiger partial charge in [-0.1, -0.05) is 30.3 Å². The van der Waals surface area contributed by atoms with Crippen molar-refractivity contribution in [3.8, 4) is 5.69 Å². The molecule has 158 valence electrons. The maximum Gasteiger partial charge on any atom is 0.277 e. The summed E-state index contributed by atoms with van der Waals surface area (Å²) in [5.41, 5.74) is 3.36. The average Bonchev–Trinajstić information content (AvgIpc) is 3.47. The molecule has 2 N–H and O–H groups in total. The van der Waals surface area contributed by atoms with Crippen molar-refractivity contribution in [1.82, 2.24) is 14.8 Å². The fourth-order valence-corrected chi connectivity index (χ4v) is 5.65. The second-order valence-electron chi connectivity index (χ2n) is 8.13. The Kier molecular flexibility index (Phi) is 4.43. The zero-order valence-corrected chi connectivity index (χ0v) is 17.9. The van der Waals surface area contributed by atoms with Crippen molar-refractivity contribution in [1.29, 1.82) is 0 Å². The van der Waals surface area contributed by atoms with Gasteiger partial charge in [0.05, 0.1) is 22.9 Å². The molecule has 32 heavy (non-hydrogen) atoms. The minimum atomic E-state index is -0.493. The molecule has 6 nitrogen and oxygen atoms in total. The number of rotatable bonds is 3. The number of carbonyl (C=O) groups excluding carboxylic acids is 1. The highest BCUT2D eigenvalue weighted by molar-refractivity contribution is 7.10. The molecule has 2 aliphatic rings. The van der Waals surface area contributed by atoms with Crippen LogP contribution in [0.4, 0.5) is 5.82 Å². The maximum absolute atomic E-state index is 13.6. The van der Waals surface area contributed by atoms with Gasteiger partial charge in [-0.2, -0.15) is 0 Å². The lowest BCUT2D eigenvalue weighted by Gasteiger charge is -2.33. The molecule has 1 aliphatic heterocycles. The molecule has 1 aromatic carbocycles. The van der Waals surface area contributed by atoms with Crippen molar-refractivity contribution in [2.24, 2.45) is 0 Å². The Balaban J connectivity index is 1.53. The normalized spacial score (nSPS) is 19.9. The van der Waals surface area contributed by atoms with Crippen molar-refractivity contribution < 1.29 is 4.79 Å². The van der Waals surface area contributed by atoms with Crippen LogP contribution in [0.15, 0.2) is 88.3 Å². The van der Waals surface area contributed by atoms with E-state index in [9.17, 15) is 9.59 Å². The summed E-state index contributed by atoms with van der Waals surface area (Å²) >= 11 is 1.68.